The van der Waals surface area contributed by atoms with Crippen LogP contribution in [-0.2, 0) is 7.05 Å². The van der Waals surface area contributed by atoms with Gasteiger partial charge in [0.2, 0.25) is 0 Å². The number of anilines is 1. The second-order valence-corrected chi connectivity index (χ2v) is 5.57. The van der Waals surface area contributed by atoms with Crippen LogP contribution in [0.25, 0.3) is 11.0 Å². The fourth-order valence-electron chi connectivity index (χ4n) is 2.98. The Morgan fingerprint density at radius 3 is 3.05 bits per heavy atom. The molecule has 3 N–H and O–H groups in total. The Kier molecular flexibility index (Phi) is 3.14. The summed E-state index contributed by atoms with van der Waals surface area (Å²) in [5.74, 6) is 0. The minimum absolute atomic E-state index is 0.336. The summed E-state index contributed by atoms with van der Waals surface area (Å²) in [6, 6.07) is 2.95. The van der Waals surface area contributed by atoms with E-state index in [9.17, 15) is 0 Å². The summed E-state index contributed by atoms with van der Waals surface area (Å²) in [6.07, 6.45) is 6.49. The van der Waals surface area contributed by atoms with Crippen molar-refractivity contribution in [2.75, 3.05) is 5.32 Å². The predicted octanol–water partition coefficient (Wildman–Crippen LogP) is 1.96. The number of hydrogen-bond donors (Lipinski definition) is 2. The lowest BCUT2D eigenvalue weighted by Crippen LogP contribution is -2.34. The molecular weight excluding hydrogens is 238 g/mol. The lowest BCUT2D eigenvalue weighted by Gasteiger charge is -2.28. The minimum Gasteiger partial charge on any atom is -0.381 e. The summed E-state index contributed by atoms with van der Waals surface area (Å²) in [4.78, 5) is 4.49. The Bertz CT molecular complexity index is 589. The van der Waals surface area contributed by atoms with Gasteiger partial charge in [0.25, 0.3) is 0 Å². The van der Waals surface area contributed by atoms with Crippen molar-refractivity contribution >= 4 is 16.7 Å². The Hall–Kier alpha value is -1.62. The van der Waals surface area contributed by atoms with Crippen molar-refractivity contribution in [3.05, 3.63) is 18.0 Å². The summed E-state index contributed by atoms with van der Waals surface area (Å²) in [7, 11) is 1.93. The highest BCUT2D eigenvalue weighted by molar-refractivity contribution is 5.81. The molecule has 0 aliphatic heterocycles. The van der Waals surface area contributed by atoms with E-state index in [-0.39, 0.29) is 0 Å². The van der Waals surface area contributed by atoms with Crippen molar-refractivity contribution in [2.45, 2.75) is 44.7 Å². The first-order chi connectivity index (χ1) is 9.13. The van der Waals surface area contributed by atoms with E-state index in [0.717, 1.165) is 35.3 Å². The molecule has 0 saturated heterocycles. The van der Waals surface area contributed by atoms with Crippen LogP contribution in [0.15, 0.2) is 12.3 Å². The maximum absolute atomic E-state index is 6.03. The number of pyridine rings is 1. The molecule has 102 valence electrons. The molecule has 2 aromatic rings. The zero-order chi connectivity index (χ0) is 13.4. The van der Waals surface area contributed by atoms with Gasteiger partial charge in [0.1, 0.15) is 0 Å². The molecule has 0 amide bonds. The number of nitrogens with zero attached hydrogens (tertiary/aromatic N) is 3. The molecule has 19 heavy (non-hydrogen) atoms. The van der Waals surface area contributed by atoms with Gasteiger partial charge in [0.15, 0.2) is 5.65 Å². The van der Waals surface area contributed by atoms with Crippen molar-refractivity contribution in [3.63, 3.8) is 0 Å². The van der Waals surface area contributed by atoms with Crippen LogP contribution < -0.4 is 11.1 Å². The van der Waals surface area contributed by atoms with E-state index in [1.54, 1.807) is 0 Å². The zero-order valence-electron chi connectivity index (χ0n) is 11.6. The van der Waals surface area contributed by atoms with Crippen LogP contribution in [0.3, 0.4) is 0 Å². The van der Waals surface area contributed by atoms with Crippen LogP contribution in [0.4, 0.5) is 5.69 Å². The highest BCUT2D eigenvalue weighted by atomic mass is 15.3. The quantitative estimate of drug-likeness (QED) is 0.865. The molecule has 2 aromatic heterocycles. The van der Waals surface area contributed by atoms with E-state index in [0.29, 0.717) is 12.1 Å². The Labute approximate surface area is 113 Å². The largest absolute Gasteiger partial charge is 0.381 e. The average molecular weight is 259 g/mol. The van der Waals surface area contributed by atoms with E-state index in [4.69, 9.17) is 5.73 Å². The smallest absolute Gasteiger partial charge is 0.157 e. The molecule has 1 fully saturated rings. The van der Waals surface area contributed by atoms with Crippen LogP contribution >= 0.6 is 0 Å². The van der Waals surface area contributed by atoms with Gasteiger partial charge in [-0.15, -0.1) is 0 Å². The number of hydrogen-bond acceptors (Lipinski definition) is 4. The van der Waals surface area contributed by atoms with Crippen LogP contribution in [0, 0.1) is 6.92 Å². The van der Waals surface area contributed by atoms with Crippen molar-refractivity contribution < 1.29 is 0 Å². The van der Waals surface area contributed by atoms with Crippen molar-refractivity contribution in [2.24, 2.45) is 12.8 Å². The average Bonchev–Trinajstić information content (AvgIpc) is 2.65. The molecule has 1 aliphatic rings. The molecule has 0 spiro atoms. The third-order valence-corrected chi connectivity index (χ3v) is 3.95. The van der Waals surface area contributed by atoms with Gasteiger partial charge in [0, 0.05) is 24.5 Å². The summed E-state index contributed by atoms with van der Waals surface area (Å²) < 4.78 is 1.82. The number of fused-ring (bicyclic) bond motifs is 1. The lowest BCUT2D eigenvalue weighted by atomic mass is 9.91. The fourth-order valence-corrected chi connectivity index (χ4v) is 2.98. The molecule has 1 aliphatic carbocycles. The first kappa shape index (κ1) is 12.4. The molecule has 5 nitrogen and oxygen atoms in total. The van der Waals surface area contributed by atoms with Crippen molar-refractivity contribution in [1.82, 2.24) is 14.8 Å². The van der Waals surface area contributed by atoms with Crippen LogP contribution in [-0.4, -0.2) is 26.8 Å². The number of nitrogens with two attached hydrogens (primary N) is 1. The Morgan fingerprint density at radius 2 is 2.26 bits per heavy atom. The third-order valence-electron chi connectivity index (χ3n) is 3.95. The van der Waals surface area contributed by atoms with Gasteiger partial charge >= 0.3 is 0 Å². The molecule has 0 radical (unpaired) electrons. The highest BCUT2D eigenvalue weighted by Gasteiger charge is 2.19. The maximum atomic E-state index is 6.03. The van der Waals surface area contributed by atoms with Crippen LogP contribution in [0.1, 0.15) is 31.4 Å². The highest BCUT2D eigenvalue weighted by Crippen LogP contribution is 2.24. The van der Waals surface area contributed by atoms with Crippen molar-refractivity contribution in [3.8, 4) is 0 Å². The van der Waals surface area contributed by atoms with Crippen LogP contribution in [0.5, 0.6) is 0 Å². The van der Waals surface area contributed by atoms with Gasteiger partial charge in [-0.25, -0.2) is 4.98 Å². The fraction of sp³-hybridized carbons (Fsp3) is 0.571. The SMILES string of the molecule is Cc1nn(C)c2ncc(NC3CCCC(N)C3)cc12. The molecule has 3 rings (SSSR count). The molecule has 0 bridgehead atoms. The maximum Gasteiger partial charge on any atom is 0.157 e. The molecule has 2 atom stereocenters. The molecule has 5 heteroatoms. The summed E-state index contributed by atoms with van der Waals surface area (Å²) in [5, 5.41) is 9.08. The number of rotatable bonds is 2. The number of aryl methyl sites for hydroxylation is 2. The van der Waals surface area contributed by atoms with Crippen molar-refractivity contribution in [1.29, 1.82) is 0 Å². The summed E-state index contributed by atoms with van der Waals surface area (Å²) in [5.41, 5.74) is 9.06. The van der Waals surface area contributed by atoms with E-state index in [2.05, 4.69) is 21.5 Å². The zero-order valence-corrected chi connectivity index (χ0v) is 11.6. The molecule has 2 unspecified atom stereocenters. The van der Waals surface area contributed by atoms with E-state index < -0.39 is 0 Å². The van der Waals surface area contributed by atoms with Gasteiger partial charge in [-0.05, 0) is 38.7 Å². The third kappa shape index (κ3) is 2.42. The normalized spacial score (nSPS) is 23.7. The Balaban J connectivity index is 1.83. The summed E-state index contributed by atoms with van der Waals surface area (Å²) >= 11 is 0. The second-order valence-electron chi connectivity index (χ2n) is 5.57. The first-order valence-corrected chi connectivity index (χ1v) is 6.95. The van der Waals surface area contributed by atoms with Gasteiger partial charge < -0.3 is 11.1 Å². The van der Waals surface area contributed by atoms with Gasteiger partial charge in [-0.2, -0.15) is 5.10 Å². The monoisotopic (exact) mass is 259 g/mol. The van der Waals surface area contributed by atoms with E-state index >= 15 is 0 Å². The van der Waals surface area contributed by atoms with Crippen LogP contribution in [0.2, 0.25) is 0 Å². The summed E-state index contributed by atoms with van der Waals surface area (Å²) in [6.45, 7) is 2.02. The topological polar surface area (TPSA) is 68.8 Å². The molecule has 2 heterocycles. The van der Waals surface area contributed by atoms with E-state index in [1.165, 1.54) is 12.8 Å². The lowest BCUT2D eigenvalue weighted by molar-refractivity contribution is 0.409. The predicted molar refractivity (Wildman–Crippen MR) is 77.1 cm³/mol. The Morgan fingerprint density at radius 1 is 1.42 bits per heavy atom. The standard InChI is InChI=1S/C14H21N5/c1-9-13-7-12(8-16-14(13)19(2)18-9)17-11-5-3-4-10(15)6-11/h7-8,10-11,17H,3-6,15H2,1-2H3. The van der Waals surface area contributed by atoms with Gasteiger partial charge in [-0.3, -0.25) is 4.68 Å². The van der Waals surface area contributed by atoms with Gasteiger partial charge in [-0.1, -0.05) is 0 Å². The minimum atomic E-state index is 0.336. The number of nitrogens with one attached hydrogen (secondary N) is 1. The van der Waals surface area contributed by atoms with Gasteiger partial charge in [0.05, 0.1) is 17.6 Å². The second kappa shape index (κ2) is 4.81. The molecule has 0 aromatic carbocycles. The molecular formula is C14H21N5. The number of aromatic nitrogens is 3. The first-order valence-electron chi connectivity index (χ1n) is 6.95. The molecule has 1 saturated carbocycles. The van der Waals surface area contributed by atoms with E-state index in [1.807, 2.05) is 24.9 Å².